The Labute approximate surface area is 88.5 Å². The Hall–Kier alpha value is -1.00. The first-order valence-electron chi connectivity index (χ1n) is 5.01. The maximum absolute atomic E-state index is 13.2. The van der Waals surface area contributed by atoms with Gasteiger partial charge in [0, 0.05) is 18.2 Å². The number of rotatable bonds is 5. The number of nitrogens with two attached hydrogens (primary N) is 1. The Morgan fingerprint density at radius 3 is 2.47 bits per heavy atom. The van der Waals surface area contributed by atoms with Crippen LogP contribution < -0.4 is 11.1 Å². The molecule has 0 aliphatic rings. The van der Waals surface area contributed by atoms with Gasteiger partial charge in [-0.2, -0.15) is 0 Å². The molecule has 0 fully saturated rings. The standard InChI is InChI=1S/C11H16F2N2/c1-8(7-14)15-6-5-9-10(12)3-2-4-11(9)13/h2-4,8,15H,5-7,14H2,1H3/t8-/m0/s1. The first kappa shape index (κ1) is 12.1. The van der Waals surface area contributed by atoms with Crippen LogP contribution in [0.3, 0.4) is 0 Å². The zero-order valence-corrected chi connectivity index (χ0v) is 8.76. The molecule has 0 spiro atoms. The molecule has 0 saturated carbocycles. The second-order valence-corrected chi connectivity index (χ2v) is 3.54. The average molecular weight is 214 g/mol. The van der Waals surface area contributed by atoms with Crippen molar-refractivity contribution in [3.63, 3.8) is 0 Å². The third kappa shape index (κ3) is 3.57. The van der Waals surface area contributed by atoms with E-state index in [-0.39, 0.29) is 11.6 Å². The van der Waals surface area contributed by atoms with E-state index >= 15 is 0 Å². The summed E-state index contributed by atoms with van der Waals surface area (Å²) in [6, 6.07) is 4.07. The van der Waals surface area contributed by atoms with Gasteiger partial charge in [-0.25, -0.2) is 8.78 Å². The van der Waals surface area contributed by atoms with Crippen molar-refractivity contribution in [2.75, 3.05) is 13.1 Å². The Bertz CT molecular complexity index is 295. The van der Waals surface area contributed by atoms with Gasteiger partial charge in [0.2, 0.25) is 0 Å². The van der Waals surface area contributed by atoms with Crippen molar-refractivity contribution in [3.8, 4) is 0 Å². The van der Waals surface area contributed by atoms with E-state index in [1.165, 1.54) is 18.2 Å². The minimum absolute atomic E-state index is 0.134. The summed E-state index contributed by atoms with van der Waals surface area (Å²) in [5.41, 5.74) is 5.53. The Balaban J connectivity index is 2.50. The lowest BCUT2D eigenvalue weighted by molar-refractivity contribution is 0.523. The second-order valence-electron chi connectivity index (χ2n) is 3.54. The van der Waals surface area contributed by atoms with Crippen LogP contribution in [0.15, 0.2) is 18.2 Å². The Morgan fingerprint density at radius 2 is 1.93 bits per heavy atom. The van der Waals surface area contributed by atoms with Crippen LogP contribution in [0.1, 0.15) is 12.5 Å². The van der Waals surface area contributed by atoms with Crippen LogP contribution in [0.25, 0.3) is 0 Å². The maximum Gasteiger partial charge on any atom is 0.129 e. The van der Waals surface area contributed by atoms with Crippen molar-refractivity contribution < 1.29 is 8.78 Å². The van der Waals surface area contributed by atoms with Gasteiger partial charge >= 0.3 is 0 Å². The SMILES string of the molecule is C[C@@H](CN)NCCc1c(F)cccc1F. The van der Waals surface area contributed by atoms with Crippen LogP contribution in [-0.4, -0.2) is 19.1 Å². The van der Waals surface area contributed by atoms with Gasteiger partial charge in [0.15, 0.2) is 0 Å². The highest BCUT2D eigenvalue weighted by Gasteiger charge is 2.07. The fraction of sp³-hybridized carbons (Fsp3) is 0.455. The van der Waals surface area contributed by atoms with Crippen LogP contribution >= 0.6 is 0 Å². The monoisotopic (exact) mass is 214 g/mol. The molecule has 0 unspecified atom stereocenters. The topological polar surface area (TPSA) is 38.0 Å². The molecule has 0 saturated heterocycles. The molecule has 1 atom stereocenters. The molecule has 0 bridgehead atoms. The smallest absolute Gasteiger partial charge is 0.129 e. The minimum atomic E-state index is -0.489. The van der Waals surface area contributed by atoms with Gasteiger partial charge in [-0.1, -0.05) is 6.07 Å². The largest absolute Gasteiger partial charge is 0.329 e. The lowest BCUT2D eigenvalue weighted by Crippen LogP contribution is -2.34. The minimum Gasteiger partial charge on any atom is -0.329 e. The summed E-state index contributed by atoms with van der Waals surface area (Å²) in [6.45, 7) is 2.97. The zero-order chi connectivity index (χ0) is 11.3. The van der Waals surface area contributed by atoms with Crippen LogP contribution in [0.4, 0.5) is 8.78 Å². The van der Waals surface area contributed by atoms with Gasteiger partial charge in [0.25, 0.3) is 0 Å². The van der Waals surface area contributed by atoms with Gasteiger partial charge in [-0.3, -0.25) is 0 Å². The number of hydrogen-bond donors (Lipinski definition) is 2. The van der Waals surface area contributed by atoms with E-state index in [0.717, 1.165) is 0 Å². The fourth-order valence-electron chi connectivity index (χ4n) is 1.30. The summed E-state index contributed by atoms with van der Waals surface area (Å²) in [4.78, 5) is 0. The molecule has 0 aliphatic carbocycles. The molecule has 0 aliphatic heterocycles. The van der Waals surface area contributed by atoms with E-state index in [4.69, 9.17) is 5.73 Å². The molecule has 1 aromatic carbocycles. The normalized spacial score (nSPS) is 12.8. The molecule has 4 heteroatoms. The van der Waals surface area contributed by atoms with Crippen molar-refractivity contribution in [2.24, 2.45) is 5.73 Å². The first-order valence-corrected chi connectivity index (χ1v) is 5.01. The second kappa shape index (κ2) is 5.78. The predicted molar refractivity (Wildman–Crippen MR) is 56.6 cm³/mol. The van der Waals surface area contributed by atoms with Crippen molar-refractivity contribution in [3.05, 3.63) is 35.4 Å². The lowest BCUT2D eigenvalue weighted by Gasteiger charge is -2.11. The Kier molecular flexibility index (Phi) is 4.65. The van der Waals surface area contributed by atoms with Gasteiger partial charge in [0.1, 0.15) is 11.6 Å². The lowest BCUT2D eigenvalue weighted by atomic mass is 10.1. The third-order valence-electron chi connectivity index (χ3n) is 2.28. The highest BCUT2D eigenvalue weighted by molar-refractivity contribution is 5.19. The number of nitrogens with one attached hydrogen (secondary N) is 1. The molecule has 0 heterocycles. The van der Waals surface area contributed by atoms with Gasteiger partial charge < -0.3 is 11.1 Å². The quantitative estimate of drug-likeness (QED) is 0.778. The summed E-state index contributed by atoms with van der Waals surface area (Å²) in [5.74, 6) is -0.977. The van der Waals surface area contributed by atoms with Crippen molar-refractivity contribution in [1.82, 2.24) is 5.32 Å². The number of halogens is 2. The predicted octanol–water partition coefficient (Wildman–Crippen LogP) is 1.44. The molecule has 15 heavy (non-hydrogen) atoms. The summed E-state index contributed by atoms with van der Waals surface area (Å²) < 4.78 is 26.3. The van der Waals surface area contributed by atoms with Crippen LogP contribution in [-0.2, 0) is 6.42 Å². The van der Waals surface area contributed by atoms with E-state index in [1.54, 1.807) is 0 Å². The van der Waals surface area contributed by atoms with E-state index in [1.807, 2.05) is 6.92 Å². The van der Waals surface area contributed by atoms with E-state index < -0.39 is 11.6 Å². The zero-order valence-electron chi connectivity index (χ0n) is 8.76. The van der Waals surface area contributed by atoms with Crippen LogP contribution in [0.5, 0.6) is 0 Å². The molecule has 0 radical (unpaired) electrons. The van der Waals surface area contributed by atoms with Crippen molar-refractivity contribution in [1.29, 1.82) is 0 Å². The molecule has 0 aromatic heterocycles. The molecule has 1 aromatic rings. The number of benzene rings is 1. The third-order valence-corrected chi connectivity index (χ3v) is 2.28. The summed E-state index contributed by atoms with van der Waals surface area (Å²) >= 11 is 0. The molecule has 84 valence electrons. The summed E-state index contributed by atoms with van der Waals surface area (Å²) in [5, 5.41) is 3.08. The van der Waals surface area contributed by atoms with E-state index in [2.05, 4.69) is 5.32 Å². The molecule has 0 amide bonds. The van der Waals surface area contributed by atoms with Gasteiger partial charge in [-0.05, 0) is 32.0 Å². The van der Waals surface area contributed by atoms with Crippen LogP contribution in [0, 0.1) is 11.6 Å². The molecule has 2 nitrogen and oxygen atoms in total. The van der Waals surface area contributed by atoms with Crippen LogP contribution in [0.2, 0.25) is 0 Å². The van der Waals surface area contributed by atoms with Gasteiger partial charge in [-0.15, -0.1) is 0 Å². The molecular formula is C11H16F2N2. The van der Waals surface area contributed by atoms with E-state index in [0.29, 0.717) is 19.5 Å². The van der Waals surface area contributed by atoms with E-state index in [9.17, 15) is 8.78 Å². The first-order chi connectivity index (χ1) is 7.15. The van der Waals surface area contributed by atoms with Crippen molar-refractivity contribution in [2.45, 2.75) is 19.4 Å². The Morgan fingerprint density at radius 1 is 1.33 bits per heavy atom. The average Bonchev–Trinajstić information content (AvgIpc) is 2.22. The highest BCUT2D eigenvalue weighted by atomic mass is 19.1. The highest BCUT2D eigenvalue weighted by Crippen LogP contribution is 2.11. The maximum atomic E-state index is 13.2. The summed E-state index contributed by atoms with van der Waals surface area (Å²) in [7, 11) is 0. The van der Waals surface area contributed by atoms with Crippen molar-refractivity contribution >= 4 is 0 Å². The molecule has 1 rings (SSSR count). The molecule has 3 N–H and O–H groups in total. The van der Waals surface area contributed by atoms with Gasteiger partial charge in [0.05, 0.1) is 0 Å². The fourth-order valence-corrected chi connectivity index (χ4v) is 1.30. The summed E-state index contributed by atoms with van der Waals surface area (Å²) in [6.07, 6.45) is 0.336. The number of hydrogen-bond acceptors (Lipinski definition) is 2. The molecular weight excluding hydrogens is 198 g/mol.